The summed E-state index contributed by atoms with van der Waals surface area (Å²) in [6.45, 7) is 8.71. The van der Waals surface area contributed by atoms with Gasteiger partial charge >= 0.3 is 0 Å². The highest BCUT2D eigenvalue weighted by Gasteiger charge is 2.24. The van der Waals surface area contributed by atoms with E-state index in [9.17, 15) is 17.6 Å². The number of carbonyl (C=O) groups excluding carboxylic acids is 1. The fourth-order valence-electron chi connectivity index (χ4n) is 3.85. The number of carbonyl (C=O) groups is 1. The summed E-state index contributed by atoms with van der Waals surface area (Å²) in [4.78, 5) is 16.9. The second-order valence-corrected chi connectivity index (χ2v) is 10.9. The molecule has 3 rings (SSSR count). The first kappa shape index (κ1) is 25.1. The van der Waals surface area contributed by atoms with Crippen molar-refractivity contribution in [3.8, 4) is 0 Å². The minimum Gasteiger partial charge on any atom is -0.369 e. The molecule has 1 aliphatic rings. The van der Waals surface area contributed by atoms with Gasteiger partial charge in [-0.3, -0.25) is 9.69 Å². The first-order valence-corrected chi connectivity index (χ1v) is 12.6. The van der Waals surface area contributed by atoms with Crippen LogP contribution in [0.3, 0.4) is 0 Å². The minimum absolute atomic E-state index is 0.105. The number of amides is 1. The average Bonchev–Trinajstić information content (AvgIpc) is 2.78. The van der Waals surface area contributed by atoms with Crippen molar-refractivity contribution in [1.29, 1.82) is 0 Å². The summed E-state index contributed by atoms with van der Waals surface area (Å²) in [7, 11) is -1.33. The Balaban J connectivity index is 1.50. The van der Waals surface area contributed by atoms with Gasteiger partial charge in [0.05, 0.1) is 0 Å². The Hall–Kier alpha value is -2.49. The highest BCUT2D eigenvalue weighted by Crippen LogP contribution is 2.20. The van der Waals surface area contributed by atoms with Crippen molar-refractivity contribution in [3.63, 3.8) is 0 Å². The number of nitrogens with zero attached hydrogens (tertiary/aromatic N) is 3. The van der Waals surface area contributed by atoms with Crippen molar-refractivity contribution in [2.24, 2.45) is 0 Å². The molecule has 1 unspecified atom stereocenters. The Morgan fingerprint density at radius 3 is 2.45 bits per heavy atom. The molecule has 7 nitrogen and oxygen atoms in total. The second-order valence-electron chi connectivity index (χ2n) is 8.76. The summed E-state index contributed by atoms with van der Waals surface area (Å²) in [5.74, 6) is -1.29. The number of anilines is 1. The third-order valence-electron chi connectivity index (χ3n) is 5.95. The molecule has 1 N–H and O–H groups in total. The van der Waals surface area contributed by atoms with Crippen LogP contribution in [0.1, 0.15) is 29.3 Å². The number of benzene rings is 2. The number of aryl methyl sites for hydroxylation is 1. The maximum absolute atomic E-state index is 14.1. The van der Waals surface area contributed by atoms with Gasteiger partial charge in [0.1, 0.15) is 10.7 Å². The lowest BCUT2D eigenvalue weighted by molar-refractivity contribution is 0.0935. The third kappa shape index (κ3) is 6.31. The first-order chi connectivity index (χ1) is 15.6. The third-order valence-corrected chi connectivity index (χ3v) is 7.78. The van der Waals surface area contributed by atoms with E-state index in [-0.39, 0.29) is 11.6 Å². The lowest BCUT2D eigenvalue weighted by atomic mass is 10.1. The normalized spacial score (nSPS) is 16.1. The summed E-state index contributed by atoms with van der Waals surface area (Å²) in [5, 5.41) is 2.90. The molecule has 1 atom stereocenters. The minimum atomic E-state index is -3.98. The van der Waals surface area contributed by atoms with E-state index in [1.165, 1.54) is 31.4 Å². The van der Waals surface area contributed by atoms with Crippen LogP contribution >= 0.6 is 0 Å². The zero-order valence-electron chi connectivity index (χ0n) is 19.7. The molecule has 33 heavy (non-hydrogen) atoms. The Bertz CT molecular complexity index is 1080. The summed E-state index contributed by atoms with van der Waals surface area (Å²) in [6.07, 6.45) is 0.764. The Morgan fingerprint density at radius 1 is 1.12 bits per heavy atom. The summed E-state index contributed by atoms with van der Waals surface area (Å²) < 4.78 is 39.6. The second kappa shape index (κ2) is 10.6. The number of rotatable bonds is 8. The van der Waals surface area contributed by atoms with Gasteiger partial charge in [-0.15, -0.1) is 0 Å². The van der Waals surface area contributed by atoms with Crippen molar-refractivity contribution in [2.75, 3.05) is 51.7 Å². The largest absolute Gasteiger partial charge is 0.369 e. The summed E-state index contributed by atoms with van der Waals surface area (Å²) in [6, 6.07) is 11.8. The topological polar surface area (TPSA) is 73.0 Å². The molecule has 0 aliphatic carbocycles. The van der Waals surface area contributed by atoms with E-state index in [0.29, 0.717) is 0 Å². The van der Waals surface area contributed by atoms with E-state index in [1.54, 1.807) is 0 Å². The van der Waals surface area contributed by atoms with E-state index >= 15 is 0 Å². The van der Waals surface area contributed by atoms with Crippen LogP contribution in [0, 0.1) is 12.7 Å². The van der Waals surface area contributed by atoms with E-state index in [2.05, 4.69) is 46.3 Å². The highest BCUT2D eigenvalue weighted by atomic mass is 32.2. The Morgan fingerprint density at radius 2 is 1.82 bits per heavy atom. The molecule has 2 aromatic carbocycles. The van der Waals surface area contributed by atoms with E-state index in [4.69, 9.17) is 0 Å². The van der Waals surface area contributed by atoms with Crippen molar-refractivity contribution >= 4 is 21.6 Å². The monoisotopic (exact) mass is 476 g/mol. The number of hydrogen-bond acceptors (Lipinski definition) is 5. The number of hydrogen-bond donors (Lipinski definition) is 1. The van der Waals surface area contributed by atoms with Gasteiger partial charge < -0.3 is 10.2 Å². The number of sulfonamides is 1. The molecule has 180 valence electrons. The Kier molecular flexibility index (Phi) is 8.10. The lowest BCUT2D eigenvalue weighted by Crippen LogP contribution is -2.47. The molecule has 1 heterocycles. The molecule has 0 radical (unpaired) electrons. The molecule has 1 saturated heterocycles. The van der Waals surface area contributed by atoms with Crippen LogP contribution in [-0.4, -0.2) is 76.4 Å². The van der Waals surface area contributed by atoms with Crippen LogP contribution in [0.15, 0.2) is 47.4 Å². The average molecular weight is 477 g/mol. The molecule has 0 spiro atoms. The maximum Gasteiger partial charge on any atom is 0.251 e. The van der Waals surface area contributed by atoms with Gasteiger partial charge in [-0.2, -0.15) is 0 Å². The Labute approximate surface area is 196 Å². The molecule has 1 amide bonds. The first-order valence-electron chi connectivity index (χ1n) is 11.1. The van der Waals surface area contributed by atoms with E-state index in [0.717, 1.165) is 55.6 Å². The van der Waals surface area contributed by atoms with Gasteiger partial charge in [0, 0.05) is 64.1 Å². The molecule has 9 heteroatoms. The standard InChI is InChI=1S/C24H33FN4O3S/c1-18-6-5-7-21(16-18)29-14-12-28(13-15-29)11-10-19(2)26-24(30)20-8-9-22(25)23(17-20)33(31,32)27(3)4/h5-9,16-17,19H,10-15H2,1-4H3,(H,26,30). The van der Waals surface area contributed by atoms with E-state index < -0.39 is 26.6 Å². The summed E-state index contributed by atoms with van der Waals surface area (Å²) >= 11 is 0. The predicted octanol–water partition coefficient (Wildman–Crippen LogP) is 2.72. The van der Waals surface area contributed by atoms with Crippen molar-refractivity contribution in [3.05, 3.63) is 59.4 Å². The van der Waals surface area contributed by atoms with Gasteiger partial charge in [-0.05, 0) is 56.2 Å². The molecular weight excluding hydrogens is 443 g/mol. The number of halogens is 1. The number of piperazine rings is 1. The molecular formula is C24H33FN4O3S. The number of nitrogens with one attached hydrogen (secondary N) is 1. The molecule has 2 aromatic rings. The molecule has 0 aromatic heterocycles. The molecule has 0 bridgehead atoms. The van der Waals surface area contributed by atoms with E-state index in [1.807, 2.05) is 6.92 Å². The quantitative estimate of drug-likeness (QED) is 0.634. The highest BCUT2D eigenvalue weighted by molar-refractivity contribution is 7.89. The molecule has 1 aliphatic heterocycles. The van der Waals surface area contributed by atoms with Gasteiger partial charge in [0.15, 0.2) is 0 Å². The van der Waals surface area contributed by atoms with Gasteiger partial charge in [-0.1, -0.05) is 12.1 Å². The lowest BCUT2D eigenvalue weighted by Gasteiger charge is -2.36. The van der Waals surface area contributed by atoms with Crippen molar-refractivity contribution < 1.29 is 17.6 Å². The zero-order chi connectivity index (χ0) is 24.2. The van der Waals surface area contributed by atoms with Crippen LogP contribution in [0.4, 0.5) is 10.1 Å². The van der Waals surface area contributed by atoms with Crippen LogP contribution in [0.25, 0.3) is 0 Å². The maximum atomic E-state index is 14.1. The van der Waals surface area contributed by atoms with Gasteiger partial charge in [0.2, 0.25) is 10.0 Å². The van der Waals surface area contributed by atoms with Crippen LogP contribution < -0.4 is 10.2 Å². The van der Waals surface area contributed by atoms with Gasteiger partial charge in [-0.25, -0.2) is 17.1 Å². The molecule has 1 fully saturated rings. The summed E-state index contributed by atoms with van der Waals surface area (Å²) in [5.41, 5.74) is 2.63. The van der Waals surface area contributed by atoms with Crippen molar-refractivity contribution in [1.82, 2.24) is 14.5 Å². The zero-order valence-corrected chi connectivity index (χ0v) is 20.5. The SMILES string of the molecule is Cc1cccc(N2CCN(CCC(C)NC(=O)c3ccc(F)c(S(=O)(=O)N(C)C)c3)CC2)c1. The fourth-order valence-corrected chi connectivity index (χ4v) is 4.83. The van der Waals surface area contributed by atoms with Crippen LogP contribution in [0.5, 0.6) is 0 Å². The molecule has 0 saturated carbocycles. The van der Waals surface area contributed by atoms with Crippen molar-refractivity contribution in [2.45, 2.75) is 31.2 Å². The van der Waals surface area contributed by atoms with Crippen LogP contribution in [0.2, 0.25) is 0 Å². The van der Waals surface area contributed by atoms with Crippen LogP contribution in [-0.2, 0) is 10.0 Å². The smallest absolute Gasteiger partial charge is 0.251 e. The predicted molar refractivity (Wildman–Crippen MR) is 129 cm³/mol. The fraction of sp³-hybridized carbons (Fsp3) is 0.458. The van der Waals surface area contributed by atoms with Gasteiger partial charge in [0.25, 0.3) is 5.91 Å².